The molecule has 16 heteroatoms. The van der Waals surface area contributed by atoms with Crippen molar-refractivity contribution in [2.75, 3.05) is 53.6 Å². The molecule has 0 radical (unpaired) electrons. The molecule has 1 aliphatic heterocycles. The van der Waals surface area contributed by atoms with Crippen LogP contribution in [-0.2, 0) is 14.3 Å². The maximum absolute atomic E-state index is 14.0. The summed E-state index contributed by atoms with van der Waals surface area (Å²) in [5, 5.41) is 58.5. The third-order valence-electron chi connectivity index (χ3n) is 10.2. The van der Waals surface area contributed by atoms with Gasteiger partial charge >= 0.3 is 11.9 Å². The van der Waals surface area contributed by atoms with Crippen molar-refractivity contribution in [2.45, 2.75) is 70.1 Å². The van der Waals surface area contributed by atoms with E-state index >= 15 is 0 Å². The molecule has 60 heavy (non-hydrogen) atoms. The van der Waals surface area contributed by atoms with Gasteiger partial charge in [0.1, 0.15) is 49.3 Å². The van der Waals surface area contributed by atoms with Crippen LogP contribution >= 0.6 is 0 Å². The van der Waals surface area contributed by atoms with Crippen LogP contribution in [0, 0.1) is 21.4 Å². The van der Waals surface area contributed by atoms with Gasteiger partial charge in [-0.25, -0.2) is 9.59 Å². The number of aliphatic hydroxyl groups excluding tert-OH is 2. The molecule has 322 valence electrons. The molecule has 1 aliphatic rings. The number of carboxylic acid groups (broad SMARTS) is 1. The monoisotopic (exact) mass is 829 g/mol. The first-order valence-electron chi connectivity index (χ1n) is 19.8. The smallest absolute Gasteiger partial charge is 0.336 e. The molecule has 3 aromatic carbocycles. The van der Waals surface area contributed by atoms with Crippen LogP contribution in [0.5, 0.6) is 17.2 Å². The number of carbonyl (C=O) groups excluding carboxylic acids is 1. The number of nitro groups is 1. The number of aliphatic carboxylic acids is 1. The molecular weight excluding hydrogens is 775 g/mol. The summed E-state index contributed by atoms with van der Waals surface area (Å²) in [4.78, 5) is 39.4. The number of ether oxygens (including phenoxy) is 4. The summed E-state index contributed by atoms with van der Waals surface area (Å²) < 4.78 is 22.4. The van der Waals surface area contributed by atoms with Crippen molar-refractivity contribution >= 4 is 17.6 Å². The molecule has 0 fully saturated rings. The van der Waals surface area contributed by atoms with E-state index in [0.29, 0.717) is 53.7 Å². The van der Waals surface area contributed by atoms with Crippen LogP contribution in [0.25, 0.3) is 0 Å². The van der Waals surface area contributed by atoms with Crippen molar-refractivity contribution in [3.63, 3.8) is 0 Å². The van der Waals surface area contributed by atoms with Crippen LogP contribution in [0.4, 0.5) is 5.69 Å². The first-order valence-corrected chi connectivity index (χ1v) is 19.8. The largest absolute Gasteiger partial charge is 0.497 e. The Morgan fingerprint density at radius 3 is 2.08 bits per heavy atom. The molecule has 5 N–H and O–H groups in total. The Hall–Kier alpha value is -5.99. The second-order valence-corrected chi connectivity index (χ2v) is 14.5. The molecule has 0 aliphatic carbocycles. The Bertz CT molecular complexity index is 2000. The van der Waals surface area contributed by atoms with E-state index in [9.17, 15) is 35.0 Å². The van der Waals surface area contributed by atoms with Gasteiger partial charge in [-0.2, -0.15) is 5.26 Å². The van der Waals surface area contributed by atoms with Gasteiger partial charge in [-0.05, 0) is 87.3 Å². The summed E-state index contributed by atoms with van der Waals surface area (Å²) in [6.45, 7) is 4.50. The number of esters is 1. The minimum atomic E-state index is -1.26. The second-order valence-electron chi connectivity index (χ2n) is 14.5. The normalized spacial score (nSPS) is 15.5. The maximum atomic E-state index is 14.0. The van der Waals surface area contributed by atoms with E-state index in [-0.39, 0.29) is 54.8 Å². The SMILES string of the molecule is COc1ccc(OCC(O)CNC(CCCCCCNCC(O)COc2ccc(C#N)cc2)COC(=O)C2=C(C)N(C)C(C)=C(C(=O)O)C2c2cccc([N+](=O)[O-])c2)cc1. The molecule has 16 nitrogen and oxygen atoms in total. The Labute approximate surface area is 350 Å². The maximum Gasteiger partial charge on any atom is 0.336 e. The van der Waals surface area contributed by atoms with Crippen LogP contribution in [0.15, 0.2) is 95.3 Å². The highest BCUT2D eigenvalue weighted by Crippen LogP contribution is 2.42. The molecule has 0 spiro atoms. The number of hydrogen-bond acceptors (Lipinski definition) is 14. The summed E-state index contributed by atoms with van der Waals surface area (Å²) in [6, 6.07) is 20.9. The van der Waals surface area contributed by atoms with Crippen molar-refractivity contribution < 1.29 is 48.8 Å². The van der Waals surface area contributed by atoms with Crippen molar-refractivity contribution in [3.8, 4) is 23.3 Å². The van der Waals surface area contributed by atoms with Gasteiger partial charge in [0, 0.05) is 49.7 Å². The lowest BCUT2D eigenvalue weighted by atomic mass is 9.79. The Morgan fingerprint density at radius 1 is 0.867 bits per heavy atom. The number of carbonyl (C=O) groups is 2. The van der Waals surface area contributed by atoms with Crippen molar-refractivity contribution in [1.29, 1.82) is 5.26 Å². The number of allylic oxidation sites excluding steroid dienone is 2. The highest BCUT2D eigenvalue weighted by Gasteiger charge is 2.39. The zero-order chi connectivity index (χ0) is 43.6. The van der Waals surface area contributed by atoms with E-state index in [1.54, 1.807) is 87.5 Å². The van der Waals surface area contributed by atoms with E-state index < -0.39 is 35.0 Å². The van der Waals surface area contributed by atoms with Crippen LogP contribution in [0.2, 0.25) is 0 Å². The minimum Gasteiger partial charge on any atom is -0.497 e. The van der Waals surface area contributed by atoms with Crippen LogP contribution in [-0.4, -0.2) is 109 Å². The zero-order valence-corrected chi connectivity index (χ0v) is 34.5. The van der Waals surface area contributed by atoms with E-state index in [4.69, 9.17) is 24.2 Å². The Balaban J connectivity index is 1.34. The molecule has 1 heterocycles. The number of methoxy groups -OCH3 is 1. The third kappa shape index (κ3) is 13.8. The fourth-order valence-corrected chi connectivity index (χ4v) is 6.73. The molecule has 0 saturated heterocycles. The number of aliphatic hydroxyl groups is 2. The van der Waals surface area contributed by atoms with Gasteiger partial charge in [0.25, 0.3) is 5.69 Å². The molecule has 3 aromatic rings. The summed E-state index contributed by atoms with van der Waals surface area (Å²) >= 11 is 0. The molecule has 0 amide bonds. The van der Waals surface area contributed by atoms with Gasteiger partial charge in [0.2, 0.25) is 0 Å². The van der Waals surface area contributed by atoms with Gasteiger partial charge in [-0.15, -0.1) is 0 Å². The van der Waals surface area contributed by atoms with Gasteiger partial charge in [0.15, 0.2) is 0 Å². The van der Waals surface area contributed by atoms with Gasteiger partial charge < -0.3 is 49.8 Å². The van der Waals surface area contributed by atoms with Crippen LogP contribution < -0.4 is 24.8 Å². The number of nitrogens with zero attached hydrogens (tertiary/aromatic N) is 3. The van der Waals surface area contributed by atoms with Gasteiger partial charge in [0.05, 0.1) is 40.7 Å². The summed E-state index contributed by atoms with van der Waals surface area (Å²) in [5.41, 5.74) is 1.37. The highest BCUT2D eigenvalue weighted by molar-refractivity contribution is 5.99. The summed E-state index contributed by atoms with van der Waals surface area (Å²) in [7, 11) is 3.21. The van der Waals surface area contributed by atoms with E-state index in [0.717, 1.165) is 25.7 Å². The number of nitro benzene ring substituents is 1. The summed E-state index contributed by atoms with van der Waals surface area (Å²) in [5.74, 6) is -1.34. The number of hydrogen-bond donors (Lipinski definition) is 5. The number of nitriles is 1. The van der Waals surface area contributed by atoms with E-state index in [1.807, 2.05) is 0 Å². The second kappa shape index (κ2) is 23.6. The molecule has 4 unspecified atom stereocenters. The Morgan fingerprint density at radius 2 is 1.47 bits per heavy atom. The topological polar surface area (TPSA) is 226 Å². The number of benzene rings is 3. The van der Waals surface area contributed by atoms with E-state index in [1.165, 1.54) is 18.2 Å². The average Bonchev–Trinajstić information content (AvgIpc) is 3.25. The minimum absolute atomic E-state index is 0.00204. The van der Waals surface area contributed by atoms with Crippen molar-refractivity contribution in [2.24, 2.45) is 0 Å². The molecule has 0 saturated carbocycles. The van der Waals surface area contributed by atoms with E-state index in [2.05, 4.69) is 16.7 Å². The third-order valence-corrected chi connectivity index (χ3v) is 10.2. The zero-order valence-electron chi connectivity index (χ0n) is 34.5. The molecule has 0 bridgehead atoms. The van der Waals surface area contributed by atoms with Gasteiger partial charge in [-0.1, -0.05) is 31.4 Å². The first kappa shape index (κ1) is 46.7. The molecule has 4 atom stereocenters. The number of rotatable bonds is 25. The van der Waals surface area contributed by atoms with Gasteiger partial charge in [-0.3, -0.25) is 10.1 Å². The fraction of sp³-hybridized carbons (Fsp3) is 0.432. The van der Waals surface area contributed by atoms with Crippen LogP contribution in [0.3, 0.4) is 0 Å². The fourth-order valence-electron chi connectivity index (χ4n) is 6.73. The average molecular weight is 830 g/mol. The predicted octanol–water partition coefficient (Wildman–Crippen LogP) is 5.06. The number of unbranched alkanes of at least 4 members (excludes halogenated alkanes) is 3. The predicted molar refractivity (Wildman–Crippen MR) is 222 cm³/mol. The molecular formula is C44H55N5O11. The lowest BCUT2D eigenvalue weighted by Crippen LogP contribution is -2.41. The number of nitrogens with one attached hydrogen (secondary N) is 2. The number of carboxylic acids is 1. The lowest BCUT2D eigenvalue weighted by Gasteiger charge is -2.35. The van der Waals surface area contributed by atoms with Crippen molar-refractivity contribution in [1.82, 2.24) is 15.5 Å². The first-order chi connectivity index (χ1) is 28.8. The lowest BCUT2D eigenvalue weighted by molar-refractivity contribution is -0.384. The van der Waals surface area contributed by atoms with Crippen LogP contribution in [0.1, 0.15) is 63.0 Å². The molecule has 4 rings (SSSR count). The highest BCUT2D eigenvalue weighted by atomic mass is 16.6. The van der Waals surface area contributed by atoms with Crippen molar-refractivity contribution in [3.05, 3.63) is 117 Å². The molecule has 0 aromatic heterocycles. The standard InChI is InChI=1S/C44H55N5O11/c1-29-40(43(52)53)42(32-10-9-12-34(22-32)49(55)56)41(30(2)48(29)3)44(54)60-26-33(47-25-36(51)28-59-39-19-17-37(57-4)18-20-39)11-7-5-6-8-21-46-24-35(50)27-58-38-15-13-31(23-45)14-16-38/h9-10,12-20,22,33,35-36,42,46-47,50-51H,5-8,11,21,24-28H2,1-4H3,(H,52,53). The number of non-ortho nitro benzene ring substituents is 1. The summed E-state index contributed by atoms with van der Waals surface area (Å²) in [6.07, 6.45) is 2.35. The Kier molecular flexibility index (Phi) is 18.3. The quantitative estimate of drug-likeness (QED) is 0.0326.